The fourth-order valence-electron chi connectivity index (χ4n) is 10.3. The zero-order valence-electron chi connectivity index (χ0n) is 34.0. The number of anilines is 3. The van der Waals surface area contributed by atoms with Crippen LogP contribution in [0.15, 0.2) is 221 Å². The summed E-state index contributed by atoms with van der Waals surface area (Å²) in [6, 6.07) is 70.1. The van der Waals surface area contributed by atoms with Crippen molar-refractivity contribution in [3.63, 3.8) is 0 Å². The van der Waals surface area contributed by atoms with E-state index >= 15 is 0 Å². The lowest BCUT2D eigenvalue weighted by Gasteiger charge is -2.29. The fourth-order valence-corrected chi connectivity index (χ4v) is 10.3. The number of fused-ring (bicyclic) bond motifs is 12. The third-order valence-corrected chi connectivity index (χ3v) is 13.3. The molecule has 0 unspecified atom stereocenters. The van der Waals surface area contributed by atoms with E-state index in [1.165, 1.54) is 43.7 Å². The van der Waals surface area contributed by atoms with Crippen molar-refractivity contribution < 1.29 is 8.83 Å². The van der Waals surface area contributed by atoms with Crippen LogP contribution in [0, 0.1) is 0 Å². The Labute approximate surface area is 362 Å². The van der Waals surface area contributed by atoms with Crippen molar-refractivity contribution in [2.75, 3.05) is 4.90 Å². The van der Waals surface area contributed by atoms with Crippen molar-refractivity contribution >= 4 is 88.6 Å². The van der Waals surface area contributed by atoms with Gasteiger partial charge in [0.25, 0.3) is 0 Å². The molecule has 0 N–H and O–H groups in total. The van der Waals surface area contributed by atoms with Gasteiger partial charge in [-0.25, -0.2) is 0 Å². The van der Waals surface area contributed by atoms with E-state index in [-0.39, 0.29) is 0 Å². The number of rotatable bonds is 6. The molecule has 0 bridgehead atoms. The van der Waals surface area contributed by atoms with E-state index in [2.05, 4.69) is 222 Å². The Kier molecular flexibility index (Phi) is 7.14. The summed E-state index contributed by atoms with van der Waals surface area (Å²) in [5.41, 5.74) is 16.4. The standard InChI is InChI=1S/C59H36N2O2/c1-2-12-38-34-57-51(32-37(38)11-1)58-47(18-10-22-56(58)62-57)46-17-5-6-19-52(46)60(42-13-9-14-43(35-42)61-53-20-7-3-15-44(53)45-16-4-8-21-54(45)61)41-27-23-36(24-28-41)39-26-30-55-50(31-39)48-29-25-40-33-49(40)59(48)63-55/h1-35,49H/t49-/m1/s1. The summed E-state index contributed by atoms with van der Waals surface area (Å²) in [6.45, 7) is 0. The molecule has 12 aromatic rings. The lowest BCUT2D eigenvalue weighted by molar-refractivity contribution is 0.557. The maximum Gasteiger partial charge on any atom is 0.136 e. The van der Waals surface area contributed by atoms with Crippen molar-refractivity contribution in [3.8, 4) is 27.9 Å². The molecule has 4 heteroatoms. The van der Waals surface area contributed by atoms with Crippen LogP contribution in [-0.2, 0) is 0 Å². The smallest absolute Gasteiger partial charge is 0.136 e. The highest BCUT2D eigenvalue weighted by Crippen LogP contribution is 2.50. The minimum Gasteiger partial charge on any atom is -0.459 e. The molecule has 4 nitrogen and oxygen atoms in total. The molecule has 294 valence electrons. The molecule has 3 heterocycles. The maximum atomic E-state index is 6.61. The number of aromatic nitrogens is 1. The number of para-hydroxylation sites is 3. The summed E-state index contributed by atoms with van der Waals surface area (Å²) in [5, 5.41) is 8.22. The van der Waals surface area contributed by atoms with Crippen LogP contribution in [0.3, 0.4) is 0 Å². The van der Waals surface area contributed by atoms with E-state index < -0.39 is 0 Å². The van der Waals surface area contributed by atoms with Gasteiger partial charge in [0.15, 0.2) is 0 Å². The lowest BCUT2D eigenvalue weighted by atomic mass is 9.96. The Morgan fingerprint density at radius 2 is 1.16 bits per heavy atom. The molecule has 0 spiro atoms. The zero-order chi connectivity index (χ0) is 41.2. The minimum atomic E-state index is 0.335. The molecule has 2 aliphatic carbocycles. The second-order valence-electron chi connectivity index (χ2n) is 16.8. The Hall–Kier alpha value is -8.34. The molecule has 3 aromatic heterocycles. The second-order valence-corrected chi connectivity index (χ2v) is 16.8. The van der Waals surface area contributed by atoms with Crippen molar-refractivity contribution in [2.24, 2.45) is 0 Å². The molecule has 0 saturated heterocycles. The fraction of sp³-hybridized carbons (Fsp3) is 0.0169. The van der Waals surface area contributed by atoms with Gasteiger partial charge < -0.3 is 18.3 Å². The molecule has 0 amide bonds. The van der Waals surface area contributed by atoms with E-state index in [1.807, 2.05) is 0 Å². The number of hydrogen-bond acceptors (Lipinski definition) is 3. The number of furan rings is 2. The molecule has 0 fully saturated rings. The summed E-state index contributed by atoms with van der Waals surface area (Å²) in [6.07, 6.45) is 6.71. The first-order valence-electron chi connectivity index (χ1n) is 21.6. The van der Waals surface area contributed by atoms with Crippen molar-refractivity contribution in [1.29, 1.82) is 0 Å². The summed E-state index contributed by atoms with van der Waals surface area (Å²) in [4.78, 5) is 2.41. The number of allylic oxidation sites excluding steroid dienone is 3. The first kappa shape index (κ1) is 34.4. The Morgan fingerprint density at radius 1 is 0.444 bits per heavy atom. The highest BCUT2D eigenvalue weighted by molar-refractivity contribution is 6.17. The third kappa shape index (κ3) is 5.22. The van der Waals surface area contributed by atoms with E-state index in [9.17, 15) is 0 Å². The molecule has 9 aromatic carbocycles. The normalized spacial score (nSPS) is 14.2. The molecular weight excluding hydrogens is 769 g/mol. The van der Waals surface area contributed by atoms with Gasteiger partial charge in [0.1, 0.15) is 22.5 Å². The second kappa shape index (κ2) is 13.1. The molecule has 14 rings (SSSR count). The van der Waals surface area contributed by atoms with E-state index in [0.717, 1.165) is 83.7 Å². The first-order chi connectivity index (χ1) is 31.2. The van der Waals surface area contributed by atoms with Gasteiger partial charge in [-0.05, 0) is 112 Å². The average molecular weight is 805 g/mol. The summed E-state index contributed by atoms with van der Waals surface area (Å²) in [5.74, 6) is 1.40. The molecule has 63 heavy (non-hydrogen) atoms. The highest BCUT2D eigenvalue weighted by Gasteiger charge is 2.34. The van der Waals surface area contributed by atoms with Gasteiger partial charge in [0.05, 0.1) is 22.6 Å². The maximum absolute atomic E-state index is 6.61. The van der Waals surface area contributed by atoms with E-state index in [4.69, 9.17) is 8.83 Å². The number of benzene rings is 9. The van der Waals surface area contributed by atoms with Crippen molar-refractivity contribution in [1.82, 2.24) is 4.57 Å². The topological polar surface area (TPSA) is 34.5 Å². The predicted molar refractivity (Wildman–Crippen MR) is 261 cm³/mol. The molecule has 2 aliphatic rings. The summed E-state index contributed by atoms with van der Waals surface area (Å²) < 4.78 is 15.4. The average Bonchev–Trinajstić information content (AvgIpc) is 3.75. The highest BCUT2D eigenvalue weighted by atomic mass is 16.3. The van der Waals surface area contributed by atoms with Crippen LogP contribution in [0.2, 0.25) is 0 Å². The lowest BCUT2D eigenvalue weighted by Crippen LogP contribution is -2.12. The van der Waals surface area contributed by atoms with Gasteiger partial charge in [-0.1, -0.05) is 133 Å². The Bertz CT molecular complexity index is 3880. The van der Waals surface area contributed by atoms with Gasteiger partial charge in [0, 0.05) is 55.1 Å². The van der Waals surface area contributed by atoms with Crippen LogP contribution in [-0.4, -0.2) is 4.57 Å². The van der Waals surface area contributed by atoms with E-state index in [1.54, 1.807) is 0 Å². The van der Waals surface area contributed by atoms with Crippen molar-refractivity contribution in [2.45, 2.75) is 5.92 Å². The minimum absolute atomic E-state index is 0.335. The molecule has 0 saturated carbocycles. The Morgan fingerprint density at radius 3 is 2.00 bits per heavy atom. The number of nitrogens with zero attached hydrogens (tertiary/aromatic N) is 2. The quantitative estimate of drug-likeness (QED) is 0.168. The summed E-state index contributed by atoms with van der Waals surface area (Å²) >= 11 is 0. The van der Waals surface area contributed by atoms with Crippen LogP contribution in [0.1, 0.15) is 17.2 Å². The monoisotopic (exact) mass is 804 g/mol. The molecular formula is C59H36N2O2. The van der Waals surface area contributed by atoms with Gasteiger partial charge in [-0.3, -0.25) is 0 Å². The molecule has 1 atom stereocenters. The predicted octanol–water partition coefficient (Wildman–Crippen LogP) is 16.4. The van der Waals surface area contributed by atoms with Crippen LogP contribution >= 0.6 is 0 Å². The van der Waals surface area contributed by atoms with Crippen LogP contribution in [0.5, 0.6) is 0 Å². The Balaban J connectivity index is 0.960. The number of hydrogen-bond donors (Lipinski definition) is 0. The van der Waals surface area contributed by atoms with Crippen LogP contribution in [0.4, 0.5) is 17.1 Å². The van der Waals surface area contributed by atoms with E-state index in [0.29, 0.717) is 5.92 Å². The molecule has 0 radical (unpaired) electrons. The van der Waals surface area contributed by atoms with Crippen molar-refractivity contribution in [3.05, 3.63) is 223 Å². The SMILES string of the molecule is C1=Cc2c(oc3ccc(-c4ccc(N(c5cccc(-n6c7ccccc7c7ccccc76)c5)c5ccccc5-c5cccc6oc7cc8ccccc8cc7c56)cc4)cc23)[C@@H]2C=C12. The van der Waals surface area contributed by atoms with Crippen LogP contribution in [0.25, 0.3) is 99.5 Å². The summed E-state index contributed by atoms with van der Waals surface area (Å²) in [7, 11) is 0. The van der Waals surface area contributed by atoms with Crippen LogP contribution < -0.4 is 4.90 Å². The van der Waals surface area contributed by atoms with Gasteiger partial charge >= 0.3 is 0 Å². The molecule has 0 aliphatic heterocycles. The first-order valence-corrected chi connectivity index (χ1v) is 21.6. The van der Waals surface area contributed by atoms with Gasteiger partial charge in [-0.15, -0.1) is 0 Å². The van der Waals surface area contributed by atoms with Gasteiger partial charge in [0.2, 0.25) is 0 Å². The largest absolute Gasteiger partial charge is 0.459 e. The third-order valence-electron chi connectivity index (χ3n) is 13.3. The van der Waals surface area contributed by atoms with Gasteiger partial charge in [-0.2, -0.15) is 0 Å². The zero-order valence-corrected chi connectivity index (χ0v) is 34.0.